The van der Waals surface area contributed by atoms with Gasteiger partial charge in [0.1, 0.15) is 0 Å². The van der Waals surface area contributed by atoms with Crippen LogP contribution in [-0.2, 0) is 0 Å². The largest absolute Gasteiger partial charge is 0.478 e. The monoisotopic (exact) mass is 206 g/mol. The summed E-state index contributed by atoms with van der Waals surface area (Å²) in [5, 5.41) is 17.2. The minimum absolute atomic E-state index is 0. The van der Waals surface area contributed by atoms with E-state index in [1.807, 2.05) is 0 Å². The lowest BCUT2D eigenvalue weighted by Gasteiger charge is -2.01. The summed E-state index contributed by atoms with van der Waals surface area (Å²) in [6.07, 6.45) is 0. The molecule has 5 heteroatoms. The van der Waals surface area contributed by atoms with Gasteiger partial charge in [-0.3, -0.25) is 0 Å². The Morgan fingerprint density at radius 1 is 1.14 bits per heavy atom. The Hall–Kier alpha value is -1.07. The first-order valence-electron chi connectivity index (χ1n) is 3.59. The second-order valence-electron chi connectivity index (χ2n) is 2.64. The molecule has 0 amide bonds. The highest BCUT2D eigenvalue weighted by Gasteiger charge is 2.09. The smallest absolute Gasteiger partial charge is 0.335 e. The van der Waals surface area contributed by atoms with Crippen LogP contribution in [0, 0.1) is 6.92 Å². The van der Waals surface area contributed by atoms with Crippen LogP contribution in [-0.4, -0.2) is 45.2 Å². The predicted molar refractivity (Wildman–Crippen MR) is 53.6 cm³/mol. The van der Waals surface area contributed by atoms with Gasteiger partial charge in [0.15, 0.2) is 0 Å². The van der Waals surface area contributed by atoms with Crippen molar-refractivity contribution in [2.45, 2.75) is 6.92 Å². The number of carboxylic acid groups (broad SMARTS) is 2. The molecular formula is C9H10MgO4. The molecule has 0 saturated heterocycles. The maximum Gasteiger partial charge on any atom is 0.335 e. The van der Waals surface area contributed by atoms with Gasteiger partial charge in [0.05, 0.1) is 11.1 Å². The molecule has 0 aliphatic heterocycles. The van der Waals surface area contributed by atoms with E-state index in [-0.39, 0.29) is 34.2 Å². The van der Waals surface area contributed by atoms with Crippen molar-refractivity contribution in [3.05, 3.63) is 34.9 Å². The van der Waals surface area contributed by atoms with Crippen molar-refractivity contribution in [3.63, 3.8) is 0 Å². The maximum atomic E-state index is 10.6. The Kier molecular flexibility index (Phi) is 4.59. The number of aryl methyl sites for hydroxylation is 1. The molecule has 1 aromatic rings. The number of carboxylic acids is 2. The van der Waals surface area contributed by atoms with Crippen molar-refractivity contribution < 1.29 is 19.8 Å². The average Bonchev–Trinajstić information content (AvgIpc) is 2.03. The Bertz CT molecular complexity index is 373. The molecule has 0 fully saturated rings. The Morgan fingerprint density at radius 3 is 2.07 bits per heavy atom. The molecule has 0 aliphatic rings. The molecule has 0 atom stereocenters. The molecule has 0 aliphatic carbocycles. The Balaban J connectivity index is 0.00000169. The van der Waals surface area contributed by atoms with Crippen LogP contribution < -0.4 is 0 Å². The molecular weight excluding hydrogens is 196 g/mol. The summed E-state index contributed by atoms with van der Waals surface area (Å²) in [5.74, 6) is -2.10. The Morgan fingerprint density at radius 2 is 1.71 bits per heavy atom. The van der Waals surface area contributed by atoms with Gasteiger partial charge in [-0.15, -0.1) is 0 Å². The van der Waals surface area contributed by atoms with Gasteiger partial charge in [-0.05, 0) is 30.7 Å². The van der Waals surface area contributed by atoms with Crippen molar-refractivity contribution in [1.29, 1.82) is 0 Å². The van der Waals surface area contributed by atoms with Crippen molar-refractivity contribution in [2.24, 2.45) is 0 Å². The standard InChI is InChI=1S/C9H8O4.Mg.2H/c1-5-4-6(8(10)11)2-3-7(5)9(12)13;;;/h2-4H,1H3,(H,10,11)(H,12,13);;;. The van der Waals surface area contributed by atoms with Gasteiger partial charge in [0.2, 0.25) is 0 Å². The molecule has 0 bridgehead atoms. The molecule has 14 heavy (non-hydrogen) atoms. The molecule has 2 N–H and O–H groups in total. The Labute approximate surface area is 96.7 Å². The SMILES string of the molecule is Cc1cc(C(=O)O)ccc1C(=O)O.[MgH2]. The quantitative estimate of drug-likeness (QED) is 0.690. The third-order valence-corrected chi connectivity index (χ3v) is 1.70. The van der Waals surface area contributed by atoms with Crippen LogP contribution in [0.1, 0.15) is 26.3 Å². The van der Waals surface area contributed by atoms with Crippen LogP contribution in [0.3, 0.4) is 0 Å². The highest BCUT2D eigenvalue weighted by molar-refractivity contribution is 5.93. The van der Waals surface area contributed by atoms with Crippen molar-refractivity contribution in [1.82, 2.24) is 0 Å². The van der Waals surface area contributed by atoms with E-state index in [2.05, 4.69) is 0 Å². The first-order valence-corrected chi connectivity index (χ1v) is 3.59. The maximum absolute atomic E-state index is 10.6. The molecule has 0 heterocycles. The molecule has 1 rings (SSSR count). The minimum atomic E-state index is -1.06. The number of hydrogen-bond donors (Lipinski definition) is 2. The molecule has 4 nitrogen and oxygen atoms in total. The average molecular weight is 206 g/mol. The van der Waals surface area contributed by atoms with Crippen LogP contribution in [0.25, 0.3) is 0 Å². The van der Waals surface area contributed by atoms with Crippen molar-refractivity contribution in [2.75, 3.05) is 0 Å². The van der Waals surface area contributed by atoms with Crippen LogP contribution >= 0.6 is 0 Å². The third kappa shape index (κ3) is 2.71. The highest BCUT2D eigenvalue weighted by Crippen LogP contribution is 2.10. The summed E-state index contributed by atoms with van der Waals surface area (Å²) in [6.45, 7) is 1.57. The van der Waals surface area contributed by atoms with Gasteiger partial charge >= 0.3 is 35.0 Å². The molecule has 0 unspecified atom stereocenters. The number of hydrogen-bond acceptors (Lipinski definition) is 2. The molecule has 1 aromatic carbocycles. The van der Waals surface area contributed by atoms with E-state index >= 15 is 0 Å². The summed E-state index contributed by atoms with van der Waals surface area (Å²) in [6, 6.07) is 3.91. The van der Waals surface area contributed by atoms with Gasteiger partial charge in [-0.25, -0.2) is 9.59 Å². The fourth-order valence-electron chi connectivity index (χ4n) is 1.04. The normalized spacial score (nSPS) is 8.93. The fraction of sp³-hybridized carbons (Fsp3) is 0.111. The summed E-state index contributed by atoms with van der Waals surface area (Å²) in [4.78, 5) is 21.0. The summed E-state index contributed by atoms with van der Waals surface area (Å²) < 4.78 is 0. The zero-order valence-electron chi connectivity index (χ0n) is 6.94. The third-order valence-electron chi connectivity index (χ3n) is 1.70. The van der Waals surface area contributed by atoms with Gasteiger partial charge in [-0.1, -0.05) is 0 Å². The predicted octanol–water partition coefficient (Wildman–Crippen LogP) is 0.475. The van der Waals surface area contributed by atoms with Gasteiger partial charge in [0, 0.05) is 0 Å². The lowest BCUT2D eigenvalue weighted by molar-refractivity contribution is 0.0680. The molecule has 0 radical (unpaired) electrons. The topological polar surface area (TPSA) is 74.6 Å². The fourth-order valence-corrected chi connectivity index (χ4v) is 1.04. The number of carbonyl (C=O) groups is 2. The van der Waals surface area contributed by atoms with Crippen LogP contribution in [0.15, 0.2) is 18.2 Å². The van der Waals surface area contributed by atoms with E-state index in [1.165, 1.54) is 18.2 Å². The molecule has 72 valence electrons. The molecule has 0 saturated carbocycles. The molecule has 0 aromatic heterocycles. The molecule has 0 spiro atoms. The first-order chi connectivity index (χ1) is 6.02. The lowest BCUT2D eigenvalue weighted by Crippen LogP contribution is -2.03. The van der Waals surface area contributed by atoms with Crippen LogP contribution in [0.4, 0.5) is 0 Å². The minimum Gasteiger partial charge on any atom is -0.478 e. The lowest BCUT2D eigenvalue weighted by atomic mass is 10.1. The second-order valence-corrected chi connectivity index (χ2v) is 2.64. The van der Waals surface area contributed by atoms with E-state index in [0.717, 1.165) is 0 Å². The number of aromatic carboxylic acids is 2. The van der Waals surface area contributed by atoms with Crippen molar-refractivity contribution in [3.8, 4) is 0 Å². The van der Waals surface area contributed by atoms with E-state index in [9.17, 15) is 9.59 Å². The number of benzene rings is 1. The second kappa shape index (κ2) is 4.97. The first kappa shape index (κ1) is 12.9. The van der Waals surface area contributed by atoms with E-state index < -0.39 is 11.9 Å². The summed E-state index contributed by atoms with van der Waals surface area (Å²) in [7, 11) is 0. The number of rotatable bonds is 2. The van der Waals surface area contributed by atoms with Gasteiger partial charge in [-0.2, -0.15) is 0 Å². The van der Waals surface area contributed by atoms with E-state index in [1.54, 1.807) is 6.92 Å². The highest BCUT2D eigenvalue weighted by atomic mass is 24.3. The summed E-state index contributed by atoms with van der Waals surface area (Å²) in [5.41, 5.74) is 0.680. The van der Waals surface area contributed by atoms with Crippen LogP contribution in [0.2, 0.25) is 0 Å². The summed E-state index contributed by atoms with van der Waals surface area (Å²) >= 11 is 0. The van der Waals surface area contributed by atoms with Crippen LogP contribution in [0.5, 0.6) is 0 Å². The van der Waals surface area contributed by atoms with E-state index in [4.69, 9.17) is 10.2 Å². The zero-order valence-corrected chi connectivity index (χ0v) is 6.94. The van der Waals surface area contributed by atoms with Gasteiger partial charge in [0.25, 0.3) is 0 Å². The van der Waals surface area contributed by atoms with E-state index in [0.29, 0.717) is 5.56 Å². The van der Waals surface area contributed by atoms with Crippen molar-refractivity contribution >= 4 is 35.0 Å². The van der Waals surface area contributed by atoms with Gasteiger partial charge < -0.3 is 10.2 Å². The zero-order chi connectivity index (χ0) is 10.0.